The molecule has 8 heteroatoms. The van der Waals surface area contributed by atoms with Crippen LogP contribution >= 0.6 is 0 Å². The Morgan fingerprint density at radius 3 is 2.27 bits per heavy atom. The number of hydrogen-bond donors (Lipinski definition) is 3. The largest absolute Gasteiger partial charge is 0.508 e. The zero-order chi connectivity index (χ0) is 17.1. The molecule has 0 aromatic heterocycles. The molecule has 0 saturated carbocycles. The van der Waals surface area contributed by atoms with Crippen molar-refractivity contribution >= 4 is 11.4 Å². The predicted octanol–water partition coefficient (Wildman–Crippen LogP) is 2.59. The second kappa shape index (κ2) is 6.50. The standard InChI is InChI=1S/C14H15F3N2O3/c1-4-8(5-9(20)7(2)3)19-11-10(12(21)13(11)22)18-6-14(15,16)17/h4-5,18-20H,2,6H2,1,3H3/b8-4+,9-5+. The van der Waals surface area contributed by atoms with E-state index in [-0.39, 0.29) is 17.1 Å². The van der Waals surface area contributed by atoms with Crippen LogP contribution in [0.3, 0.4) is 0 Å². The molecule has 1 rings (SSSR count). The Morgan fingerprint density at radius 2 is 1.82 bits per heavy atom. The molecule has 0 radical (unpaired) electrons. The van der Waals surface area contributed by atoms with Crippen LogP contribution in [0.2, 0.25) is 0 Å². The van der Waals surface area contributed by atoms with E-state index in [1.165, 1.54) is 12.2 Å². The number of rotatable bonds is 6. The van der Waals surface area contributed by atoms with Crippen molar-refractivity contribution in [3.05, 3.63) is 56.2 Å². The van der Waals surface area contributed by atoms with Crippen molar-refractivity contribution in [3.63, 3.8) is 0 Å². The fourth-order valence-corrected chi connectivity index (χ4v) is 1.47. The second-order valence-electron chi connectivity index (χ2n) is 4.56. The molecule has 0 unspecified atom stereocenters. The molecule has 0 fully saturated rings. The van der Waals surface area contributed by atoms with Crippen LogP contribution in [0, 0.1) is 0 Å². The minimum atomic E-state index is -4.52. The molecule has 0 bridgehead atoms. The molecular formula is C14H15F3N2O3. The van der Waals surface area contributed by atoms with E-state index in [1.807, 2.05) is 5.32 Å². The lowest BCUT2D eigenvalue weighted by Crippen LogP contribution is -2.39. The molecule has 0 aliphatic heterocycles. The molecule has 0 spiro atoms. The first-order valence-electron chi connectivity index (χ1n) is 6.20. The predicted molar refractivity (Wildman–Crippen MR) is 78.8 cm³/mol. The Kier molecular flexibility index (Phi) is 5.19. The molecule has 5 nitrogen and oxygen atoms in total. The van der Waals surface area contributed by atoms with Crippen LogP contribution in [0.25, 0.3) is 0 Å². The van der Waals surface area contributed by atoms with Gasteiger partial charge in [-0.05, 0) is 19.4 Å². The lowest BCUT2D eigenvalue weighted by atomic mass is 10.1. The molecule has 3 N–H and O–H groups in total. The van der Waals surface area contributed by atoms with Gasteiger partial charge in [0.05, 0.1) is 0 Å². The van der Waals surface area contributed by atoms with Crippen molar-refractivity contribution in [2.24, 2.45) is 0 Å². The van der Waals surface area contributed by atoms with Gasteiger partial charge >= 0.3 is 6.18 Å². The zero-order valence-electron chi connectivity index (χ0n) is 12.0. The van der Waals surface area contributed by atoms with Crippen molar-refractivity contribution in [3.8, 4) is 0 Å². The Labute approximate surface area is 124 Å². The maximum absolute atomic E-state index is 12.2. The minimum absolute atomic E-state index is 0.163. The topological polar surface area (TPSA) is 78.4 Å². The van der Waals surface area contributed by atoms with Crippen LogP contribution in [-0.4, -0.2) is 17.8 Å². The van der Waals surface area contributed by atoms with E-state index < -0.39 is 29.3 Å². The number of aliphatic hydroxyl groups is 1. The quantitative estimate of drug-likeness (QED) is 0.427. The molecule has 120 valence electrons. The highest BCUT2D eigenvalue weighted by Crippen LogP contribution is 2.21. The third-order valence-electron chi connectivity index (χ3n) is 2.69. The summed E-state index contributed by atoms with van der Waals surface area (Å²) in [5.74, 6) is -0.163. The summed E-state index contributed by atoms with van der Waals surface area (Å²) >= 11 is 0. The van der Waals surface area contributed by atoms with Gasteiger partial charge in [0, 0.05) is 11.8 Å². The van der Waals surface area contributed by atoms with E-state index in [1.54, 1.807) is 13.8 Å². The van der Waals surface area contributed by atoms with Gasteiger partial charge in [-0.3, -0.25) is 9.59 Å². The maximum Gasteiger partial charge on any atom is 0.405 e. The van der Waals surface area contributed by atoms with Crippen molar-refractivity contribution in [2.75, 3.05) is 17.2 Å². The van der Waals surface area contributed by atoms with E-state index in [4.69, 9.17) is 0 Å². The van der Waals surface area contributed by atoms with Crippen molar-refractivity contribution in [1.82, 2.24) is 0 Å². The van der Waals surface area contributed by atoms with E-state index in [0.29, 0.717) is 5.57 Å². The first-order valence-corrected chi connectivity index (χ1v) is 6.20. The number of alkyl halides is 3. The molecule has 1 aromatic carbocycles. The summed E-state index contributed by atoms with van der Waals surface area (Å²) in [6, 6.07) is 0. The minimum Gasteiger partial charge on any atom is -0.508 e. The van der Waals surface area contributed by atoms with E-state index in [0.717, 1.165) is 0 Å². The average molecular weight is 316 g/mol. The molecule has 0 aliphatic rings. The van der Waals surface area contributed by atoms with E-state index in [9.17, 15) is 27.9 Å². The Balaban J connectivity index is 2.97. The molecule has 0 saturated heterocycles. The van der Waals surface area contributed by atoms with Crippen LogP contribution < -0.4 is 21.5 Å². The Hall–Kier alpha value is -2.51. The second-order valence-corrected chi connectivity index (χ2v) is 4.56. The van der Waals surface area contributed by atoms with Crippen LogP contribution in [0.1, 0.15) is 13.8 Å². The smallest absolute Gasteiger partial charge is 0.405 e. The van der Waals surface area contributed by atoms with Gasteiger partial charge in [0.15, 0.2) is 0 Å². The molecule has 0 aliphatic carbocycles. The number of allylic oxidation sites excluding steroid dienone is 3. The van der Waals surface area contributed by atoms with Gasteiger partial charge in [0.1, 0.15) is 23.7 Å². The molecule has 0 amide bonds. The first kappa shape index (κ1) is 17.5. The van der Waals surface area contributed by atoms with Crippen molar-refractivity contribution in [2.45, 2.75) is 20.0 Å². The van der Waals surface area contributed by atoms with Crippen molar-refractivity contribution < 1.29 is 18.3 Å². The van der Waals surface area contributed by atoms with Gasteiger partial charge in [-0.2, -0.15) is 13.2 Å². The fraction of sp³-hybridized carbons (Fsp3) is 0.286. The van der Waals surface area contributed by atoms with Gasteiger partial charge in [-0.25, -0.2) is 0 Å². The number of aliphatic hydroxyl groups excluding tert-OH is 1. The molecule has 0 heterocycles. The monoisotopic (exact) mass is 316 g/mol. The molecule has 1 aromatic rings. The maximum atomic E-state index is 12.2. The summed E-state index contributed by atoms with van der Waals surface area (Å²) in [5.41, 5.74) is -2.04. The van der Waals surface area contributed by atoms with Gasteiger partial charge in [-0.15, -0.1) is 0 Å². The Bertz CT molecular complexity index is 708. The summed E-state index contributed by atoms with van der Waals surface area (Å²) in [6.07, 6.45) is -1.80. The van der Waals surface area contributed by atoms with Gasteiger partial charge in [0.2, 0.25) is 0 Å². The lowest BCUT2D eigenvalue weighted by Gasteiger charge is -2.16. The Morgan fingerprint density at radius 1 is 1.27 bits per heavy atom. The number of anilines is 2. The molecule has 22 heavy (non-hydrogen) atoms. The average Bonchev–Trinajstić information content (AvgIpc) is 2.42. The molecular weight excluding hydrogens is 301 g/mol. The lowest BCUT2D eigenvalue weighted by molar-refractivity contribution is -0.115. The number of halogens is 3. The summed E-state index contributed by atoms with van der Waals surface area (Å²) < 4.78 is 36.5. The zero-order valence-corrected chi connectivity index (χ0v) is 12.0. The normalized spacial score (nSPS) is 13.3. The fourth-order valence-electron chi connectivity index (χ4n) is 1.47. The number of nitrogens with one attached hydrogen (secondary N) is 2. The first-order chi connectivity index (χ1) is 10.1. The summed E-state index contributed by atoms with van der Waals surface area (Å²) in [4.78, 5) is 22.8. The van der Waals surface area contributed by atoms with Crippen LogP contribution in [0.15, 0.2) is 45.3 Å². The van der Waals surface area contributed by atoms with Crippen LogP contribution in [0.5, 0.6) is 0 Å². The third-order valence-corrected chi connectivity index (χ3v) is 2.69. The SMILES string of the molecule is C=C(C)/C(O)=C\C(=C/C)Nc1c(NCC(F)(F)F)c(=O)c1=O. The highest BCUT2D eigenvalue weighted by molar-refractivity contribution is 5.76. The summed E-state index contributed by atoms with van der Waals surface area (Å²) in [6.45, 7) is 5.21. The van der Waals surface area contributed by atoms with Gasteiger partial charge in [-0.1, -0.05) is 12.7 Å². The number of hydrogen-bond acceptors (Lipinski definition) is 5. The molecule has 0 atom stereocenters. The summed E-state index contributed by atoms with van der Waals surface area (Å²) in [5, 5.41) is 14.0. The highest BCUT2D eigenvalue weighted by Gasteiger charge is 2.30. The summed E-state index contributed by atoms with van der Waals surface area (Å²) in [7, 11) is 0. The van der Waals surface area contributed by atoms with E-state index in [2.05, 4.69) is 11.9 Å². The third kappa shape index (κ3) is 4.24. The van der Waals surface area contributed by atoms with Crippen molar-refractivity contribution in [1.29, 1.82) is 0 Å². The van der Waals surface area contributed by atoms with Crippen LogP contribution in [-0.2, 0) is 0 Å². The highest BCUT2D eigenvalue weighted by atomic mass is 19.4. The van der Waals surface area contributed by atoms with Gasteiger partial charge < -0.3 is 15.7 Å². The van der Waals surface area contributed by atoms with Crippen LogP contribution in [0.4, 0.5) is 24.5 Å². The van der Waals surface area contributed by atoms with E-state index >= 15 is 0 Å². The van der Waals surface area contributed by atoms with Gasteiger partial charge in [0.25, 0.3) is 10.9 Å².